The Morgan fingerprint density at radius 1 is 1.50 bits per heavy atom. The van der Waals surface area contributed by atoms with Crippen molar-refractivity contribution in [1.29, 1.82) is 0 Å². The molecule has 1 aromatic rings. The van der Waals surface area contributed by atoms with Gasteiger partial charge in [0.15, 0.2) is 0 Å². The molecule has 4 heteroatoms. The van der Waals surface area contributed by atoms with Crippen LogP contribution in [-0.4, -0.2) is 24.0 Å². The Labute approximate surface area is 82.7 Å². The number of nitrogens with one attached hydrogen (secondary N) is 2. The lowest BCUT2D eigenvalue weighted by atomic mass is 10.3. The molecule has 1 aliphatic carbocycles. The Bertz CT molecular complexity index is 347. The van der Waals surface area contributed by atoms with Crippen LogP contribution in [0.5, 0.6) is 0 Å². The largest absolute Gasteiger partial charge is 0.373 e. The number of nitrogens with zero attached hydrogens (tertiary/aromatic N) is 1. The van der Waals surface area contributed by atoms with E-state index in [2.05, 4.69) is 15.6 Å². The second-order valence-electron chi connectivity index (χ2n) is 3.41. The van der Waals surface area contributed by atoms with Crippen LogP contribution in [0, 0.1) is 0 Å². The van der Waals surface area contributed by atoms with Gasteiger partial charge in [-0.1, -0.05) is 6.07 Å². The van der Waals surface area contributed by atoms with Crippen LogP contribution in [0.1, 0.15) is 23.3 Å². The van der Waals surface area contributed by atoms with Crippen LogP contribution >= 0.6 is 0 Å². The van der Waals surface area contributed by atoms with Crippen LogP contribution in [0.15, 0.2) is 18.2 Å². The van der Waals surface area contributed by atoms with Crippen LogP contribution in [-0.2, 0) is 0 Å². The summed E-state index contributed by atoms with van der Waals surface area (Å²) in [7, 11) is 1.78. The molecule has 1 aromatic heterocycles. The minimum Gasteiger partial charge on any atom is -0.373 e. The second kappa shape index (κ2) is 3.65. The highest BCUT2D eigenvalue weighted by molar-refractivity contribution is 5.93. The third-order valence-corrected chi connectivity index (χ3v) is 2.15. The van der Waals surface area contributed by atoms with Gasteiger partial charge in [0.2, 0.25) is 0 Å². The van der Waals surface area contributed by atoms with E-state index in [9.17, 15) is 4.79 Å². The van der Waals surface area contributed by atoms with E-state index in [-0.39, 0.29) is 5.91 Å². The summed E-state index contributed by atoms with van der Waals surface area (Å²) in [5, 5.41) is 5.79. The number of aromatic nitrogens is 1. The van der Waals surface area contributed by atoms with Crippen LogP contribution < -0.4 is 10.6 Å². The maximum Gasteiger partial charge on any atom is 0.270 e. The molecule has 1 aliphatic rings. The van der Waals surface area contributed by atoms with Crippen LogP contribution in [0.25, 0.3) is 0 Å². The van der Waals surface area contributed by atoms with Crippen molar-refractivity contribution in [3.05, 3.63) is 23.9 Å². The zero-order valence-electron chi connectivity index (χ0n) is 8.08. The molecule has 0 saturated heterocycles. The smallest absolute Gasteiger partial charge is 0.270 e. The number of hydrogen-bond acceptors (Lipinski definition) is 3. The average molecular weight is 191 g/mol. The van der Waals surface area contributed by atoms with Gasteiger partial charge in [-0.05, 0) is 25.0 Å². The highest BCUT2D eigenvalue weighted by atomic mass is 16.2. The summed E-state index contributed by atoms with van der Waals surface area (Å²) in [6, 6.07) is 5.75. The fourth-order valence-electron chi connectivity index (χ4n) is 1.19. The summed E-state index contributed by atoms with van der Waals surface area (Å²) >= 11 is 0. The molecule has 0 atom stereocenters. The molecule has 74 valence electrons. The maximum absolute atomic E-state index is 11.6. The normalized spacial score (nSPS) is 14.9. The number of amides is 1. The topological polar surface area (TPSA) is 54.0 Å². The van der Waals surface area contributed by atoms with Crippen molar-refractivity contribution in [1.82, 2.24) is 10.3 Å². The van der Waals surface area contributed by atoms with Crippen LogP contribution in [0.4, 0.5) is 5.82 Å². The number of carbonyl (C=O) groups excluding carboxylic acids is 1. The molecular formula is C10H13N3O. The summed E-state index contributed by atoms with van der Waals surface area (Å²) in [6.45, 7) is 0. The van der Waals surface area contributed by atoms with Gasteiger partial charge in [-0.2, -0.15) is 0 Å². The van der Waals surface area contributed by atoms with E-state index in [4.69, 9.17) is 0 Å². The van der Waals surface area contributed by atoms with Gasteiger partial charge in [-0.15, -0.1) is 0 Å². The standard InChI is InChI=1S/C10H13N3O/c1-11-9-4-2-3-8(13-9)10(14)12-7-5-6-7/h2-4,7H,5-6H2,1H3,(H,11,13)(H,12,14). The lowest BCUT2D eigenvalue weighted by molar-refractivity contribution is 0.0946. The molecule has 4 nitrogen and oxygen atoms in total. The van der Waals surface area contributed by atoms with E-state index >= 15 is 0 Å². The van der Waals surface area contributed by atoms with E-state index in [1.54, 1.807) is 13.1 Å². The molecule has 14 heavy (non-hydrogen) atoms. The number of rotatable bonds is 3. The predicted molar refractivity (Wildman–Crippen MR) is 54.3 cm³/mol. The molecule has 0 spiro atoms. The first kappa shape index (κ1) is 8.99. The summed E-state index contributed by atoms with van der Waals surface area (Å²) in [5.41, 5.74) is 0.476. The van der Waals surface area contributed by atoms with E-state index in [0.717, 1.165) is 12.8 Å². The molecule has 0 aromatic carbocycles. The molecule has 1 amide bonds. The van der Waals surface area contributed by atoms with Gasteiger partial charge in [0.1, 0.15) is 11.5 Å². The number of hydrogen-bond donors (Lipinski definition) is 2. The molecule has 2 rings (SSSR count). The predicted octanol–water partition coefficient (Wildman–Crippen LogP) is 1.02. The van der Waals surface area contributed by atoms with Crippen molar-refractivity contribution in [2.45, 2.75) is 18.9 Å². The third-order valence-electron chi connectivity index (χ3n) is 2.15. The molecule has 0 aliphatic heterocycles. The number of carbonyl (C=O) groups is 1. The van der Waals surface area contributed by atoms with Gasteiger partial charge in [-0.25, -0.2) is 4.98 Å². The van der Waals surface area contributed by atoms with Crippen LogP contribution in [0.2, 0.25) is 0 Å². The fraction of sp³-hybridized carbons (Fsp3) is 0.400. The van der Waals surface area contributed by atoms with Crippen molar-refractivity contribution in [3.63, 3.8) is 0 Å². The van der Waals surface area contributed by atoms with Gasteiger partial charge in [0.05, 0.1) is 0 Å². The Balaban J connectivity index is 2.09. The van der Waals surface area contributed by atoms with E-state index < -0.39 is 0 Å². The quantitative estimate of drug-likeness (QED) is 0.749. The van der Waals surface area contributed by atoms with E-state index in [1.807, 2.05) is 12.1 Å². The van der Waals surface area contributed by atoms with E-state index in [0.29, 0.717) is 17.6 Å². The molecule has 1 fully saturated rings. The SMILES string of the molecule is CNc1cccc(C(=O)NC2CC2)n1. The molecule has 0 unspecified atom stereocenters. The molecule has 0 radical (unpaired) electrons. The van der Waals surface area contributed by atoms with Crippen molar-refractivity contribution in [2.24, 2.45) is 0 Å². The average Bonchev–Trinajstić information content (AvgIpc) is 3.02. The van der Waals surface area contributed by atoms with Gasteiger partial charge in [-0.3, -0.25) is 4.79 Å². The Morgan fingerprint density at radius 2 is 2.29 bits per heavy atom. The molecular weight excluding hydrogens is 178 g/mol. The first-order valence-corrected chi connectivity index (χ1v) is 4.75. The Kier molecular flexibility index (Phi) is 2.35. The van der Waals surface area contributed by atoms with Gasteiger partial charge in [0, 0.05) is 13.1 Å². The lowest BCUT2D eigenvalue weighted by Crippen LogP contribution is -2.26. The van der Waals surface area contributed by atoms with Crippen molar-refractivity contribution in [2.75, 3.05) is 12.4 Å². The first-order chi connectivity index (χ1) is 6.79. The summed E-state index contributed by atoms with van der Waals surface area (Å²) < 4.78 is 0. The number of anilines is 1. The Hall–Kier alpha value is -1.58. The van der Waals surface area contributed by atoms with E-state index in [1.165, 1.54) is 0 Å². The summed E-state index contributed by atoms with van der Waals surface area (Å²) in [5.74, 6) is 0.637. The first-order valence-electron chi connectivity index (χ1n) is 4.75. The van der Waals surface area contributed by atoms with Gasteiger partial charge >= 0.3 is 0 Å². The molecule has 2 N–H and O–H groups in total. The zero-order chi connectivity index (χ0) is 9.97. The zero-order valence-corrected chi connectivity index (χ0v) is 8.08. The third kappa shape index (κ3) is 2.02. The summed E-state index contributed by atoms with van der Waals surface area (Å²) in [6.07, 6.45) is 2.19. The highest BCUT2D eigenvalue weighted by Gasteiger charge is 2.24. The number of pyridine rings is 1. The molecule has 0 bridgehead atoms. The monoisotopic (exact) mass is 191 g/mol. The minimum atomic E-state index is -0.0791. The maximum atomic E-state index is 11.6. The van der Waals surface area contributed by atoms with Crippen LogP contribution in [0.3, 0.4) is 0 Å². The molecule has 1 heterocycles. The van der Waals surface area contributed by atoms with Crippen molar-refractivity contribution in [3.8, 4) is 0 Å². The second-order valence-corrected chi connectivity index (χ2v) is 3.41. The lowest BCUT2D eigenvalue weighted by Gasteiger charge is -2.04. The minimum absolute atomic E-state index is 0.0791. The van der Waals surface area contributed by atoms with Crippen molar-refractivity contribution >= 4 is 11.7 Å². The molecule has 1 saturated carbocycles. The fourth-order valence-corrected chi connectivity index (χ4v) is 1.19. The Morgan fingerprint density at radius 3 is 2.93 bits per heavy atom. The van der Waals surface area contributed by atoms with Gasteiger partial charge in [0.25, 0.3) is 5.91 Å². The van der Waals surface area contributed by atoms with Gasteiger partial charge < -0.3 is 10.6 Å². The van der Waals surface area contributed by atoms with Crippen molar-refractivity contribution < 1.29 is 4.79 Å². The summed E-state index contributed by atoms with van der Waals surface area (Å²) in [4.78, 5) is 15.7. The highest BCUT2D eigenvalue weighted by Crippen LogP contribution is 2.19.